The number of methoxy groups -OCH3 is 1. The van der Waals surface area contributed by atoms with E-state index in [9.17, 15) is 5.11 Å². The lowest BCUT2D eigenvalue weighted by Gasteiger charge is -2.17. The molecule has 2 N–H and O–H groups in total. The molecule has 0 radical (unpaired) electrons. The first-order valence-corrected chi connectivity index (χ1v) is 6.68. The van der Waals surface area contributed by atoms with Crippen molar-refractivity contribution >= 4 is 0 Å². The molecule has 0 amide bonds. The molecule has 0 spiro atoms. The van der Waals surface area contributed by atoms with E-state index in [2.05, 4.69) is 5.32 Å². The lowest BCUT2D eigenvalue weighted by Crippen LogP contribution is -2.29. The Labute approximate surface area is 109 Å². The van der Waals surface area contributed by atoms with Crippen molar-refractivity contribution in [2.45, 2.75) is 25.4 Å². The van der Waals surface area contributed by atoms with E-state index in [-0.39, 0.29) is 0 Å². The summed E-state index contributed by atoms with van der Waals surface area (Å²) in [6.45, 7) is 2.45. The molecule has 0 bridgehead atoms. The monoisotopic (exact) mass is 249 g/mol. The van der Waals surface area contributed by atoms with Crippen LogP contribution in [0.5, 0.6) is 0 Å². The number of hydrogen-bond acceptors (Lipinski definition) is 3. The Morgan fingerprint density at radius 3 is 2.67 bits per heavy atom. The van der Waals surface area contributed by atoms with E-state index < -0.39 is 6.10 Å². The average Bonchev–Trinajstić information content (AvgIpc) is 3.18. The molecule has 3 nitrogen and oxygen atoms in total. The largest absolute Gasteiger partial charge is 0.387 e. The Kier molecular flexibility index (Phi) is 4.75. The first kappa shape index (κ1) is 13.5. The van der Waals surface area contributed by atoms with Crippen molar-refractivity contribution < 1.29 is 9.84 Å². The fraction of sp³-hybridized carbons (Fsp3) is 0.600. The molecule has 1 aliphatic rings. The van der Waals surface area contributed by atoms with Gasteiger partial charge < -0.3 is 15.2 Å². The first-order chi connectivity index (χ1) is 8.76. The van der Waals surface area contributed by atoms with Crippen LogP contribution in [0.2, 0.25) is 0 Å². The highest BCUT2D eigenvalue weighted by molar-refractivity contribution is 5.17. The van der Waals surface area contributed by atoms with E-state index >= 15 is 0 Å². The maximum atomic E-state index is 10.0. The van der Waals surface area contributed by atoms with Gasteiger partial charge in [0.2, 0.25) is 0 Å². The minimum atomic E-state index is -0.413. The third-order valence-electron chi connectivity index (χ3n) is 3.82. The van der Waals surface area contributed by atoms with E-state index in [4.69, 9.17) is 4.74 Å². The summed E-state index contributed by atoms with van der Waals surface area (Å²) in [5, 5.41) is 13.4. The highest BCUT2D eigenvalue weighted by Gasteiger charge is 2.41. The maximum absolute atomic E-state index is 10.0. The van der Waals surface area contributed by atoms with Crippen LogP contribution < -0.4 is 5.32 Å². The fourth-order valence-corrected chi connectivity index (χ4v) is 2.28. The van der Waals surface area contributed by atoms with Crippen LogP contribution in [0.15, 0.2) is 30.3 Å². The highest BCUT2D eigenvalue weighted by Crippen LogP contribution is 2.48. The van der Waals surface area contributed by atoms with Crippen LogP contribution in [0.1, 0.15) is 30.9 Å². The summed E-state index contributed by atoms with van der Waals surface area (Å²) in [7, 11) is 1.75. The minimum Gasteiger partial charge on any atom is -0.387 e. The molecule has 2 rings (SSSR count). The number of aliphatic hydroxyl groups is 1. The summed E-state index contributed by atoms with van der Waals surface area (Å²) in [5.74, 6) is 0. The van der Waals surface area contributed by atoms with Crippen molar-refractivity contribution in [3.8, 4) is 0 Å². The Morgan fingerprint density at radius 2 is 2.06 bits per heavy atom. The molecule has 1 unspecified atom stereocenters. The number of aliphatic hydroxyl groups excluding tert-OH is 1. The van der Waals surface area contributed by atoms with Gasteiger partial charge in [0.25, 0.3) is 0 Å². The Bertz CT molecular complexity index is 349. The molecule has 1 aromatic rings. The van der Waals surface area contributed by atoms with E-state index in [1.165, 1.54) is 12.8 Å². The van der Waals surface area contributed by atoms with E-state index in [1.54, 1.807) is 7.11 Å². The quantitative estimate of drug-likeness (QED) is 0.741. The number of benzene rings is 1. The van der Waals surface area contributed by atoms with Crippen LogP contribution in [0, 0.1) is 5.41 Å². The highest BCUT2D eigenvalue weighted by atomic mass is 16.5. The molecule has 1 aliphatic carbocycles. The molecule has 100 valence electrons. The summed E-state index contributed by atoms with van der Waals surface area (Å²) < 4.78 is 5.14. The van der Waals surface area contributed by atoms with E-state index in [1.807, 2.05) is 30.3 Å². The van der Waals surface area contributed by atoms with Crippen molar-refractivity contribution in [1.29, 1.82) is 0 Å². The zero-order valence-electron chi connectivity index (χ0n) is 11.1. The standard InChI is InChI=1S/C15H23NO2/c1-18-10-9-15(7-8-15)12-16-11-14(17)13-5-3-2-4-6-13/h2-6,14,16-17H,7-12H2,1H3. The molecule has 0 aliphatic heterocycles. The SMILES string of the molecule is COCCC1(CNCC(O)c2ccccc2)CC1. The third-order valence-corrected chi connectivity index (χ3v) is 3.82. The van der Waals surface area contributed by atoms with Gasteiger partial charge in [-0.1, -0.05) is 30.3 Å². The fourth-order valence-electron chi connectivity index (χ4n) is 2.28. The third kappa shape index (κ3) is 3.80. The minimum absolute atomic E-state index is 0.413. The van der Waals surface area contributed by atoms with Crippen LogP contribution in [0.3, 0.4) is 0 Å². The zero-order valence-corrected chi connectivity index (χ0v) is 11.1. The van der Waals surface area contributed by atoms with Crippen molar-refractivity contribution in [3.05, 3.63) is 35.9 Å². The lowest BCUT2D eigenvalue weighted by molar-refractivity contribution is 0.158. The molecule has 3 heteroatoms. The molecule has 1 fully saturated rings. The molecule has 1 saturated carbocycles. The Hall–Kier alpha value is -0.900. The van der Waals surface area contributed by atoms with Gasteiger partial charge in [0.15, 0.2) is 0 Å². The van der Waals surface area contributed by atoms with Gasteiger partial charge in [-0.05, 0) is 30.2 Å². The first-order valence-electron chi connectivity index (χ1n) is 6.68. The molecular weight excluding hydrogens is 226 g/mol. The van der Waals surface area contributed by atoms with Crippen LogP contribution in [0.25, 0.3) is 0 Å². The van der Waals surface area contributed by atoms with Crippen molar-refractivity contribution in [3.63, 3.8) is 0 Å². The molecule has 0 heterocycles. The molecule has 0 aromatic heterocycles. The summed E-state index contributed by atoms with van der Waals surface area (Å²) in [6.07, 6.45) is 3.28. The lowest BCUT2D eigenvalue weighted by atomic mass is 10.0. The summed E-state index contributed by atoms with van der Waals surface area (Å²) in [6, 6.07) is 9.81. The molecule has 18 heavy (non-hydrogen) atoms. The molecule has 1 aromatic carbocycles. The van der Waals surface area contributed by atoms with Gasteiger partial charge >= 0.3 is 0 Å². The predicted molar refractivity (Wildman–Crippen MR) is 72.4 cm³/mol. The average molecular weight is 249 g/mol. The van der Waals surface area contributed by atoms with Crippen LogP contribution in [0.4, 0.5) is 0 Å². The maximum Gasteiger partial charge on any atom is 0.0914 e. The van der Waals surface area contributed by atoms with Crippen molar-refractivity contribution in [2.75, 3.05) is 26.8 Å². The summed E-state index contributed by atoms with van der Waals surface area (Å²) in [5.41, 5.74) is 1.42. The van der Waals surface area contributed by atoms with Crippen molar-refractivity contribution in [1.82, 2.24) is 5.32 Å². The number of rotatable bonds is 8. The Morgan fingerprint density at radius 1 is 1.33 bits per heavy atom. The van der Waals surface area contributed by atoms with E-state index in [0.717, 1.165) is 25.1 Å². The van der Waals surface area contributed by atoms with Crippen LogP contribution >= 0.6 is 0 Å². The zero-order chi connectivity index (χ0) is 12.8. The van der Waals surface area contributed by atoms with Gasteiger partial charge in [0, 0.05) is 26.8 Å². The van der Waals surface area contributed by atoms with Crippen LogP contribution in [-0.2, 0) is 4.74 Å². The van der Waals surface area contributed by atoms with Crippen LogP contribution in [-0.4, -0.2) is 31.9 Å². The smallest absolute Gasteiger partial charge is 0.0914 e. The van der Waals surface area contributed by atoms with E-state index in [0.29, 0.717) is 12.0 Å². The second-order valence-electron chi connectivity index (χ2n) is 5.30. The number of nitrogens with one attached hydrogen (secondary N) is 1. The van der Waals surface area contributed by atoms with Gasteiger partial charge in [-0.15, -0.1) is 0 Å². The van der Waals surface area contributed by atoms with Crippen molar-refractivity contribution in [2.24, 2.45) is 5.41 Å². The second-order valence-corrected chi connectivity index (χ2v) is 5.30. The predicted octanol–water partition coefficient (Wildman–Crippen LogP) is 2.13. The van der Waals surface area contributed by atoms with Gasteiger partial charge in [-0.2, -0.15) is 0 Å². The molecular formula is C15H23NO2. The van der Waals surface area contributed by atoms with Gasteiger partial charge in [-0.3, -0.25) is 0 Å². The second kappa shape index (κ2) is 6.32. The topological polar surface area (TPSA) is 41.5 Å². The van der Waals surface area contributed by atoms with Gasteiger partial charge in [0.05, 0.1) is 6.10 Å². The van der Waals surface area contributed by atoms with Gasteiger partial charge in [0.1, 0.15) is 0 Å². The Balaban J connectivity index is 1.69. The number of ether oxygens (including phenoxy) is 1. The summed E-state index contributed by atoms with van der Waals surface area (Å²) >= 11 is 0. The summed E-state index contributed by atoms with van der Waals surface area (Å²) in [4.78, 5) is 0. The van der Waals surface area contributed by atoms with Gasteiger partial charge in [-0.25, -0.2) is 0 Å². The molecule has 1 atom stereocenters. The normalized spacial score (nSPS) is 18.6. The molecule has 0 saturated heterocycles. The number of hydrogen-bond donors (Lipinski definition) is 2.